The SMILES string of the molecule is ClCc1nc2c(Cl)cccc2n1CCOC1CCCC1. The van der Waals surface area contributed by atoms with Crippen LogP contribution in [-0.4, -0.2) is 22.3 Å². The third-order valence-electron chi connectivity index (χ3n) is 3.90. The molecule has 1 aliphatic carbocycles. The van der Waals surface area contributed by atoms with Gasteiger partial charge in [-0.05, 0) is 25.0 Å². The molecule has 0 saturated heterocycles. The fourth-order valence-electron chi connectivity index (χ4n) is 2.88. The number of para-hydroxylation sites is 1. The second-order valence-electron chi connectivity index (χ2n) is 5.20. The second-order valence-corrected chi connectivity index (χ2v) is 5.87. The molecule has 0 bridgehead atoms. The number of imidazole rings is 1. The fourth-order valence-corrected chi connectivity index (χ4v) is 3.29. The number of alkyl halides is 1. The Morgan fingerprint density at radius 3 is 2.85 bits per heavy atom. The lowest BCUT2D eigenvalue weighted by Crippen LogP contribution is -2.14. The van der Waals surface area contributed by atoms with Crippen LogP contribution >= 0.6 is 23.2 Å². The molecule has 1 aliphatic rings. The van der Waals surface area contributed by atoms with Crippen molar-refractivity contribution >= 4 is 34.2 Å². The van der Waals surface area contributed by atoms with Crippen LogP contribution in [0.5, 0.6) is 0 Å². The van der Waals surface area contributed by atoms with Crippen LogP contribution in [-0.2, 0) is 17.2 Å². The van der Waals surface area contributed by atoms with Gasteiger partial charge in [-0.15, -0.1) is 11.6 Å². The predicted molar refractivity (Wildman–Crippen MR) is 82.5 cm³/mol. The first-order valence-corrected chi connectivity index (χ1v) is 8.02. The van der Waals surface area contributed by atoms with E-state index in [2.05, 4.69) is 9.55 Å². The predicted octanol–water partition coefficient (Wildman–Crippen LogP) is 4.39. The molecule has 3 nitrogen and oxygen atoms in total. The van der Waals surface area contributed by atoms with Gasteiger partial charge in [0.25, 0.3) is 0 Å². The van der Waals surface area contributed by atoms with Crippen LogP contribution in [0.4, 0.5) is 0 Å². The number of nitrogens with zero attached hydrogens (tertiary/aromatic N) is 2. The highest BCUT2D eigenvalue weighted by atomic mass is 35.5. The number of halogens is 2. The number of rotatable bonds is 5. The molecule has 1 saturated carbocycles. The van der Waals surface area contributed by atoms with Gasteiger partial charge in [0.2, 0.25) is 0 Å². The largest absolute Gasteiger partial charge is 0.376 e. The zero-order chi connectivity index (χ0) is 13.9. The van der Waals surface area contributed by atoms with E-state index in [1.54, 1.807) is 0 Å². The third-order valence-corrected chi connectivity index (χ3v) is 4.44. The first-order valence-electron chi connectivity index (χ1n) is 7.11. The van der Waals surface area contributed by atoms with E-state index < -0.39 is 0 Å². The van der Waals surface area contributed by atoms with E-state index >= 15 is 0 Å². The van der Waals surface area contributed by atoms with Crippen LogP contribution in [0.2, 0.25) is 5.02 Å². The minimum absolute atomic E-state index is 0.383. The van der Waals surface area contributed by atoms with Gasteiger partial charge < -0.3 is 9.30 Å². The summed E-state index contributed by atoms with van der Waals surface area (Å²) in [6, 6.07) is 5.83. The van der Waals surface area contributed by atoms with Crippen LogP contribution in [0.25, 0.3) is 11.0 Å². The molecule has 108 valence electrons. The lowest BCUT2D eigenvalue weighted by Gasteiger charge is -2.13. The van der Waals surface area contributed by atoms with Crippen LogP contribution in [0.15, 0.2) is 18.2 Å². The normalized spacial score (nSPS) is 16.3. The Hall–Kier alpha value is -0.770. The standard InChI is InChI=1S/C15H18Cl2N2O/c16-10-14-18-15-12(17)6-3-7-13(15)19(14)8-9-20-11-4-1-2-5-11/h3,6-7,11H,1-2,4-5,8-10H2. The average molecular weight is 313 g/mol. The lowest BCUT2D eigenvalue weighted by molar-refractivity contribution is 0.0532. The molecule has 0 amide bonds. The Morgan fingerprint density at radius 2 is 2.10 bits per heavy atom. The van der Waals surface area contributed by atoms with Gasteiger partial charge in [0.1, 0.15) is 11.3 Å². The maximum Gasteiger partial charge on any atom is 0.124 e. The first-order chi connectivity index (χ1) is 9.79. The summed E-state index contributed by atoms with van der Waals surface area (Å²) in [4.78, 5) is 4.52. The number of hydrogen-bond acceptors (Lipinski definition) is 2. The van der Waals surface area contributed by atoms with Crippen molar-refractivity contribution in [2.75, 3.05) is 6.61 Å². The maximum atomic E-state index is 6.19. The van der Waals surface area contributed by atoms with Crippen molar-refractivity contribution in [2.24, 2.45) is 0 Å². The number of benzene rings is 1. The second kappa shape index (κ2) is 6.33. The van der Waals surface area contributed by atoms with Gasteiger partial charge in [-0.3, -0.25) is 0 Å². The van der Waals surface area contributed by atoms with Gasteiger partial charge in [0.15, 0.2) is 0 Å². The van der Waals surface area contributed by atoms with Crippen molar-refractivity contribution in [3.8, 4) is 0 Å². The topological polar surface area (TPSA) is 27.1 Å². The van der Waals surface area contributed by atoms with Gasteiger partial charge >= 0.3 is 0 Å². The zero-order valence-electron chi connectivity index (χ0n) is 11.3. The van der Waals surface area contributed by atoms with E-state index in [-0.39, 0.29) is 0 Å². The molecule has 1 fully saturated rings. The van der Waals surface area contributed by atoms with Crippen molar-refractivity contribution in [1.82, 2.24) is 9.55 Å². The van der Waals surface area contributed by atoms with Crippen LogP contribution in [0.3, 0.4) is 0 Å². The Kier molecular flexibility index (Phi) is 4.49. The summed E-state index contributed by atoms with van der Waals surface area (Å²) in [5, 5.41) is 0.671. The summed E-state index contributed by atoms with van der Waals surface area (Å²) in [5.74, 6) is 1.24. The summed E-state index contributed by atoms with van der Waals surface area (Å²) in [6.45, 7) is 1.47. The zero-order valence-corrected chi connectivity index (χ0v) is 12.8. The molecular formula is C15H18Cl2N2O. The smallest absolute Gasteiger partial charge is 0.124 e. The molecule has 2 aromatic rings. The molecule has 0 radical (unpaired) electrons. The molecule has 0 unspecified atom stereocenters. The Labute approximate surface area is 128 Å². The van der Waals surface area contributed by atoms with Crippen LogP contribution < -0.4 is 0 Å². The summed E-state index contributed by atoms with van der Waals surface area (Å²) >= 11 is 12.2. The molecule has 20 heavy (non-hydrogen) atoms. The van der Waals surface area contributed by atoms with Gasteiger partial charge in [-0.1, -0.05) is 30.5 Å². The molecule has 3 rings (SSSR count). The maximum absolute atomic E-state index is 6.19. The highest BCUT2D eigenvalue weighted by Crippen LogP contribution is 2.25. The lowest BCUT2D eigenvalue weighted by atomic mass is 10.3. The van der Waals surface area contributed by atoms with Crippen molar-refractivity contribution in [3.63, 3.8) is 0 Å². The average Bonchev–Trinajstić information content (AvgIpc) is 3.08. The van der Waals surface area contributed by atoms with E-state index in [1.165, 1.54) is 25.7 Å². The number of aromatic nitrogens is 2. The van der Waals surface area contributed by atoms with Gasteiger partial charge in [0, 0.05) is 6.54 Å². The summed E-state index contributed by atoms with van der Waals surface area (Å²) < 4.78 is 8.04. The fraction of sp³-hybridized carbons (Fsp3) is 0.533. The third kappa shape index (κ3) is 2.80. The van der Waals surface area contributed by atoms with E-state index in [4.69, 9.17) is 27.9 Å². The van der Waals surface area contributed by atoms with E-state index in [0.717, 1.165) is 23.4 Å². The Balaban J connectivity index is 1.77. The molecule has 0 spiro atoms. The highest BCUT2D eigenvalue weighted by molar-refractivity contribution is 6.35. The molecule has 5 heteroatoms. The summed E-state index contributed by atoms with van der Waals surface area (Å²) in [5.41, 5.74) is 1.86. The van der Waals surface area contributed by atoms with E-state index in [0.29, 0.717) is 23.6 Å². The van der Waals surface area contributed by atoms with Gasteiger partial charge in [-0.2, -0.15) is 0 Å². The molecule has 0 N–H and O–H groups in total. The Bertz CT molecular complexity index is 591. The van der Waals surface area contributed by atoms with Crippen molar-refractivity contribution in [2.45, 2.75) is 44.2 Å². The summed E-state index contributed by atoms with van der Waals surface area (Å²) in [6.07, 6.45) is 5.41. The molecular weight excluding hydrogens is 295 g/mol. The van der Waals surface area contributed by atoms with E-state index in [9.17, 15) is 0 Å². The van der Waals surface area contributed by atoms with Crippen LogP contribution in [0.1, 0.15) is 31.5 Å². The molecule has 0 atom stereocenters. The number of hydrogen-bond donors (Lipinski definition) is 0. The van der Waals surface area contributed by atoms with Crippen molar-refractivity contribution in [1.29, 1.82) is 0 Å². The van der Waals surface area contributed by atoms with Crippen molar-refractivity contribution in [3.05, 3.63) is 29.0 Å². The quantitative estimate of drug-likeness (QED) is 0.766. The number of fused-ring (bicyclic) bond motifs is 1. The minimum Gasteiger partial charge on any atom is -0.376 e. The monoisotopic (exact) mass is 312 g/mol. The molecule has 0 aliphatic heterocycles. The molecule has 1 aromatic heterocycles. The van der Waals surface area contributed by atoms with E-state index in [1.807, 2.05) is 18.2 Å². The Morgan fingerprint density at radius 1 is 1.30 bits per heavy atom. The van der Waals surface area contributed by atoms with Gasteiger partial charge in [-0.25, -0.2) is 4.98 Å². The first kappa shape index (κ1) is 14.2. The summed E-state index contributed by atoms with van der Waals surface area (Å²) in [7, 11) is 0. The molecule has 1 aromatic carbocycles. The van der Waals surface area contributed by atoms with Gasteiger partial charge in [0.05, 0.1) is 29.1 Å². The van der Waals surface area contributed by atoms with Crippen LogP contribution in [0, 0.1) is 0 Å². The highest BCUT2D eigenvalue weighted by Gasteiger charge is 2.16. The molecule has 1 heterocycles. The minimum atomic E-state index is 0.383. The number of ether oxygens (including phenoxy) is 1. The van der Waals surface area contributed by atoms with Crippen molar-refractivity contribution < 1.29 is 4.74 Å².